The zero-order valence-corrected chi connectivity index (χ0v) is 10.5. The van der Waals surface area contributed by atoms with Crippen molar-refractivity contribution in [2.45, 2.75) is 10.6 Å². The first-order valence-corrected chi connectivity index (χ1v) is 6.64. The van der Waals surface area contributed by atoms with E-state index in [1.807, 2.05) is 36.4 Å². The number of thioether (sulfide) groups is 1. The van der Waals surface area contributed by atoms with E-state index in [1.165, 1.54) is 5.56 Å². The van der Waals surface area contributed by atoms with E-state index in [2.05, 4.69) is 17.3 Å². The Morgan fingerprint density at radius 1 is 1.06 bits per heavy atom. The summed E-state index contributed by atoms with van der Waals surface area (Å²) in [4.78, 5) is 1.11. The zero-order chi connectivity index (χ0) is 12.4. The van der Waals surface area contributed by atoms with Crippen molar-refractivity contribution < 1.29 is 4.52 Å². The molecule has 0 aliphatic carbocycles. The molecule has 4 heteroatoms. The van der Waals surface area contributed by atoms with Gasteiger partial charge in [-0.2, -0.15) is 0 Å². The molecule has 0 aliphatic heterocycles. The van der Waals surface area contributed by atoms with Gasteiger partial charge in [0.1, 0.15) is 0 Å². The third-order valence-electron chi connectivity index (χ3n) is 2.72. The van der Waals surface area contributed by atoms with Gasteiger partial charge in [-0.15, -0.1) is 11.8 Å². The summed E-state index contributed by atoms with van der Waals surface area (Å²) in [6.07, 6.45) is 0. The monoisotopic (exact) mass is 256 g/mol. The Hall–Kier alpha value is -1.94. The average Bonchev–Trinajstić information content (AvgIpc) is 2.80. The van der Waals surface area contributed by atoms with E-state index >= 15 is 0 Å². The number of benzene rings is 2. The molecule has 2 aromatic carbocycles. The van der Waals surface area contributed by atoms with E-state index in [0.29, 0.717) is 5.82 Å². The number of anilines is 1. The van der Waals surface area contributed by atoms with E-state index in [-0.39, 0.29) is 0 Å². The van der Waals surface area contributed by atoms with E-state index < -0.39 is 0 Å². The zero-order valence-electron chi connectivity index (χ0n) is 9.67. The molecule has 0 atom stereocenters. The van der Waals surface area contributed by atoms with Crippen LogP contribution in [0.3, 0.4) is 0 Å². The number of hydrogen-bond acceptors (Lipinski definition) is 4. The first-order valence-electron chi connectivity index (χ1n) is 5.65. The summed E-state index contributed by atoms with van der Waals surface area (Å²) in [5.74, 6) is 1.37. The fourth-order valence-electron chi connectivity index (χ4n) is 1.84. The molecular weight excluding hydrogens is 244 g/mol. The lowest BCUT2D eigenvalue weighted by Gasteiger charge is -2.03. The molecule has 2 N–H and O–H groups in total. The number of nitrogens with two attached hydrogens (primary N) is 1. The standard InChI is InChI=1S/C14H12N2OS/c15-14-13-11(17-16-14)7-4-8-12(13)18-9-10-5-2-1-3-6-10/h1-8H,9H2,(H2,15,16). The van der Waals surface area contributed by atoms with Gasteiger partial charge < -0.3 is 10.3 Å². The van der Waals surface area contributed by atoms with Crippen molar-refractivity contribution in [3.63, 3.8) is 0 Å². The fourth-order valence-corrected chi connectivity index (χ4v) is 2.88. The molecule has 0 saturated carbocycles. The first kappa shape index (κ1) is 11.2. The second-order valence-electron chi connectivity index (χ2n) is 3.97. The summed E-state index contributed by atoms with van der Waals surface area (Å²) in [5.41, 5.74) is 7.86. The molecule has 90 valence electrons. The minimum Gasteiger partial charge on any atom is -0.380 e. The van der Waals surface area contributed by atoms with Gasteiger partial charge in [0.2, 0.25) is 0 Å². The topological polar surface area (TPSA) is 52.0 Å². The molecule has 18 heavy (non-hydrogen) atoms. The van der Waals surface area contributed by atoms with E-state index in [0.717, 1.165) is 21.6 Å². The van der Waals surface area contributed by atoms with E-state index in [9.17, 15) is 0 Å². The smallest absolute Gasteiger partial charge is 0.175 e. The number of rotatable bonds is 3. The summed E-state index contributed by atoms with van der Waals surface area (Å²) in [7, 11) is 0. The molecule has 0 amide bonds. The minimum atomic E-state index is 0.459. The second-order valence-corrected chi connectivity index (χ2v) is 4.99. The van der Waals surface area contributed by atoms with Crippen LogP contribution in [-0.2, 0) is 5.75 Å². The highest BCUT2D eigenvalue weighted by Crippen LogP contribution is 2.33. The van der Waals surface area contributed by atoms with Crippen molar-refractivity contribution in [2.75, 3.05) is 5.73 Å². The van der Waals surface area contributed by atoms with Crippen LogP contribution in [0.15, 0.2) is 57.9 Å². The van der Waals surface area contributed by atoms with Gasteiger partial charge in [0.15, 0.2) is 11.4 Å². The number of nitrogens with zero attached hydrogens (tertiary/aromatic N) is 1. The van der Waals surface area contributed by atoms with Gasteiger partial charge in [-0.3, -0.25) is 0 Å². The minimum absolute atomic E-state index is 0.459. The first-order chi connectivity index (χ1) is 8.84. The second kappa shape index (κ2) is 4.74. The largest absolute Gasteiger partial charge is 0.380 e. The fraction of sp³-hybridized carbons (Fsp3) is 0.0714. The van der Waals surface area contributed by atoms with Crippen molar-refractivity contribution in [3.05, 3.63) is 54.1 Å². The molecule has 0 saturated heterocycles. The quantitative estimate of drug-likeness (QED) is 0.726. The molecule has 0 unspecified atom stereocenters. The molecule has 0 spiro atoms. The number of nitrogen functional groups attached to an aromatic ring is 1. The van der Waals surface area contributed by atoms with Gasteiger partial charge in [-0.25, -0.2) is 0 Å². The Morgan fingerprint density at radius 2 is 1.89 bits per heavy atom. The normalized spacial score (nSPS) is 10.9. The number of aromatic nitrogens is 1. The summed E-state index contributed by atoms with van der Waals surface area (Å²) >= 11 is 1.74. The van der Waals surface area contributed by atoms with Crippen LogP contribution >= 0.6 is 11.8 Å². The van der Waals surface area contributed by atoms with Gasteiger partial charge in [-0.1, -0.05) is 41.6 Å². The van der Waals surface area contributed by atoms with Crippen LogP contribution < -0.4 is 5.73 Å². The summed E-state index contributed by atoms with van der Waals surface area (Å²) in [6.45, 7) is 0. The maximum absolute atomic E-state index is 5.83. The predicted octanol–water partition coefficient (Wildman–Crippen LogP) is 3.70. The Bertz CT molecular complexity index is 664. The summed E-state index contributed by atoms with van der Waals surface area (Å²) < 4.78 is 5.15. The lowest BCUT2D eigenvalue weighted by Crippen LogP contribution is -1.86. The molecule has 3 aromatic rings. The van der Waals surface area contributed by atoms with Crippen LogP contribution in [0.4, 0.5) is 5.82 Å². The van der Waals surface area contributed by atoms with Crippen LogP contribution in [0.1, 0.15) is 5.56 Å². The van der Waals surface area contributed by atoms with Crippen LogP contribution in [0.5, 0.6) is 0 Å². The number of fused-ring (bicyclic) bond motifs is 1. The van der Waals surface area contributed by atoms with E-state index in [1.54, 1.807) is 11.8 Å². The van der Waals surface area contributed by atoms with Crippen LogP contribution in [0, 0.1) is 0 Å². The van der Waals surface area contributed by atoms with Gasteiger partial charge in [0, 0.05) is 10.6 Å². The average molecular weight is 256 g/mol. The SMILES string of the molecule is Nc1noc2cccc(SCc3ccccc3)c12. The van der Waals surface area contributed by atoms with Crippen molar-refractivity contribution in [1.29, 1.82) is 0 Å². The maximum atomic E-state index is 5.83. The molecule has 0 bridgehead atoms. The Kier molecular flexibility index (Phi) is 2.94. The molecule has 1 heterocycles. The van der Waals surface area contributed by atoms with Crippen molar-refractivity contribution >= 4 is 28.5 Å². The molecule has 1 aromatic heterocycles. The Morgan fingerprint density at radius 3 is 2.72 bits per heavy atom. The van der Waals surface area contributed by atoms with Crippen LogP contribution in [0.25, 0.3) is 11.0 Å². The molecule has 3 rings (SSSR count). The molecule has 3 nitrogen and oxygen atoms in total. The third-order valence-corrected chi connectivity index (χ3v) is 3.85. The lowest BCUT2D eigenvalue weighted by atomic mass is 10.2. The number of hydrogen-bond donors (Lipinski definition) is 1. The maximum Gasteiger partial charge on any atom is 0.175 e. The molecule has 0 aliphatic rings. The van der Waals surface area contributed by atoms with Crippen molar-refractivity contribution in [1.82, 2.24) is 5.16 Å². The highest BCUT2D eigenvalue weighted by molar-refractivity contribution is 7.98. The van der Waals surface area contributed by atoms with E-state index in [4.69, 9.17) is 10.3 Å². The molecule has 0 fully saturated rings. The van der Waals surface area contributed by atoms with Crippen molar-refractivity contribution in [3.8, 4) is 0 Å². The lowest BCUT2D eigenvalue weighted by molar-refractivity contribution is 0.460. The molecule has 0 radical (unpaired) electrons. The van der Waals surface area contributed by atoms with Gasteiger partial charge >= 0.3 is 0 Å². The van der Waals surface area contributed by atoms with Crippen LogP contribution in [0.2, 0.25) is 0 Å². The van der Waals surface area contributed by atoms with Gasteiger partial charge in [-0.05, 0) is 17.7 Å². The predicted molar refractivity (Wildman–Crippen MR) is 74.4 cm³/mol. The van der Waals surface area contributed by atoms with Gasteiger partial charge in [0.25, 0.3) is 0 Å². The van der Waals surface area contributed by atoms with Gasteiger partial charge in [0.05, 0.1) is 5.39 Å². The Balaban J connectivity index is 1.89. The third kappa shape index (κ3) is 2.07. The van der Waals surface area contributed by atoms with Crippen molar-refractivity contribution in [2.24, 2.45) is 0 Å². The highest BCUT2D eigenvalue weighted by atomic mass is 32.2. The summed E-state index contributed by atoms with van der Waals surface area (Å²) in [6, 6.07) is 16.2. The molecular formula is C14H12N2OS. The van der Waals surface area contributed by atoms with Crippen LogP contribution in [-0.4, -0.2) is 5.16 Å². The highest BCUT2D eigenvalue weighted by Gasteiger charge is 2.10. The Labute approximate surface area is 109 Å². The summed E-state index contributed by atoms with van der Waals surface area (Å²) in [5, 5.41) is 4.72.